The third-order valence-electron chi connectivity index (χ3n) is 3.70. The monoisotopic (exact) mass is 212 g/mol. The SMILES string of the molecule is CCCNCCN(C)C1CCCCC1C. The zero-order valence-electron chi connectivity index (χ0n) is 10.8. The summed E-state index contributed by atoms with van der Waals surface area (Å²) >= 11 is 0. The van der Waals surface area contributed by atoms with Crippen molar-refractivity contribution < 1.29 is 0 Å². The molecule has 1 aliphatic carbocycles. The van der Waals surface area contributed by atoms with Gasteiger partial charge in [-0.15, -0.1) is 0 Å². The van der Waals surface area contributed by atoms with Crippen molar-refractivity contribution in [3.05, 3.63) is 0 Å². The van der Waals surface area contributed by atoms with E-state index in [1.54, 1.807) is 0 Å². The van der Waals surface area contributed by atoms with Crippen LogP contribution in [-0.4, -0.2) is 37.6 Å². The lowest BCUT2D eigenvalue weighted by atomic mass is 9.85. The van der Waals surface area contributed by atoms with Crippen LogP contribution in [0.25, 0.3) is 0 Å². The highest BCUT2D eigenvalue weighted by Crippen LogP contribution is 2.26. The molecule has 0 bridgehead atoms. The van der Waals surface area contributed by atoms with Crippen LogP contribution >= 0.6 is 0 Å². The molecule has 2 unspecified atom stereocenters. The minimum absolute atomic E-state index is 0.835. The van der Waals surface area contributed by atoms with E-state index in [0.29, 0.717) is 0 Å². The highest BCUT2D eigenvalue weighted by molar-refractivity contribution is 4.79. The van der Waals surface area contributed by atoms with Gasteiger partial charge in [0.25, 0.3) is 0 Å². The molecule has 0 saturated heterocycles. The Morgan fingerprint density at radius 2 is 1.93 bits per heavy atom. The molecule has 1 saturated carbocycles. The van der Waals surface area contributed by atoms with Crippen LogP contribution < -0.4 is 5.32 Å². The molecule has 1 aliphatic rings. The van der Waals surface area contributed by atoms with Gasteiger partial charge in [0.2, 0.25) is 0 Å². The van der Waals surface area contributed by atoms with Crippen LogP contribution in [-0.2, 0) is 0 Å². The largest absolute Gasteiger partial charge is 0.315 e. The summed E-state index contributed by atoms with van der Waals surface area (Å²) in [6.07, 6.45) is 6.95. The van der Waals surface area contributed by atoms with Crippen molar-refractivity contribution in [1.82, 2.24) is 10.2 Å². The summed E-state index contributed by atoms with van der Waals surface area (Å²) in [6.45, 7) is 8.15. The van der Waals surface area contributed by atoms with Gasteiger partial charge in [-0.3, -0.25) is 0 Å². The number of hydrogen-bond donors (Lipinski definition) is 1. The van der Waals surface area contributed by atoms with Crippen molar-refractivity contribution in [3.8, 4) is 0 Å². The van der Waals surface area contributed by atoms with Gasteiger partial charge in [0.05, 0.1) is 0 Å². The Bertz CT molecular complexity index is 159. The van der Waals surface area contributed by atoms with E-state index in [9.17, 15) is 0 Å². The van der Waals surface area contributed by atoms with Gasteiger partial charge in [-0.2, -0.15) is 0 Å². The Morgan fingerprint density at radius 3 is 2.60 bits per heavy atom. The summed E-state index contributed by atoms with van der Waals surface area (Å²) < 4.78 is 0. The molecular weight excluding hydrogens is 184 g/mol. The molecule has 0 aliphatic heterocycles. The molecule has 1 rings (SSSR count). The number of likely N-dealkylation sites (N-methyl/N-ethyl adjacent to an activating group) is 1. The average Bonchev–Trinajstić information content (AvgIpc) is 2.25. The Hall–Kier alpha value is -0.0800. The summed E-state index contributed by atoms with van der Waals surface area (Å²) in [5, 5.41) is 3.48. The molecule has 90 valence electrons. The zero-order valence-corrected chi connectivity index (χ0v) is 10.8. The fourth-order valence-corrected chi connectivity index (χ4v) is 2.67. The second kappa shape index (κ2) is 7.24. The van der Waals surface area contributed by atoms with Crippen LogP contribution in [0.2, 0.25) is 0 Å². The fourth-order valence-electron chi connectivity index (χ4n) is 2.67. The van der Waals surface area contributed by atoms with Gasteiger partial charge in [0.1, 0.15) is 0 Å². The number of nitrogens with one attached hydrogen (secondary N) is 1. The maximum absolute atomic E-state index is 3.48. The lowest BCUT2D eigenvalue weighted by molar-refractivity contribution is 0.140. The molecule has 0 amide bonds. The van der Waals surface area contributed by atoms with Crippen molar-refractivity contribution >= 4 is 0 Å². The third-order valence-corrected chi connectivity index (χ3v) is 3.70. The highest BCUT2D eigenvalue weighted by atomic mass is 15.1. The smallest absolute Gasteiger partial charge is 0.0118 e. The van der Waals surface area contributed by atoms with Crippen LogP contribution in [0.15, 0.2) is 0 Å². The maximum atomic E-state index is 3.48. The van der Waals surface area contributed by atoms with E-state index >= 15 is 0 Å². The van der Waals surface area contributed by atoms with Crippen molar-refractivity contribution in [3.63, 3.8) is 0 Å². The van der Waals surface area contributed by atoms with Gasteiger partial charge in [-0.05, 0) is 38.8 Å². The van der Waals surface area contributed by atoms with Crippen molar-refractivity contribution in [2.24, 2.45) is 5.92 Å². The first-order valence-corrected chi connectivity index (χ1v) is 6.66. The molecular formula is C13H28N2. The second-order valence-corrected chi connectivity index (χ2v) is 5.06. The first-order chi connectivity index (χ1) is 7.25. The van der Waals surface area contributed by atoms with Crippen LogP contribution in [0.5, 0.6) is 0 Å². The van der Waals surface area contributed by atoms with Crippen LogP contribution in [0.1, 0.15) is 46.0 Å². The van der Waals surface area contributed by atoms with E-state index in [-0.39, 0.29) is 0 Å². The zero-order chi connectivity index (χ0) is 11.1. The van der Waals surface area contributed by atoms with Gasteiger partial charge in [-0.25, -0.2) is 0 Å². The van der Waals surface area contributed by atoms with E-state index < -0.39 is 0 Å². The highest BCUT2D eigenvalue weighted by Gasteiger charge is 2.24. The summed E-state index contributed by atoms with van der Waals surface area (Å²) in [5.74, 6) is 0.898. The van der Waals surface area contributed by atoms with Crippen LogP contribution in [0.4, 0.5) is 0 Å². The van der Waals surface area contributed by atoms with E-state index in [0.717, 1.165) is 25.0 Å². The van der Waals surface area contributed by atoms with Gasteiger partial charge in [0.15, 0.2) is 0 Å². The molecule has 0 aromatic carbocycles. The minimum Gasteiger partial charge on any atom is -0.315 e. The Kier molecular flexibility index (Phi) is 6.26. The van der Waals surface area contributed by atoms with E-state index in [1.165, 1.54) is 38.6 Å². The molecule has 2 heteroatoms. The first kappa shape index (κ1) is 13.0. The molecule has 15 heavy (non-hydrogen) atoms. The van der Waals surface area contributed by atoms with E-state index in [2.05, 4.69) is 31.1 Å². The molecule has 0 aromatic heterocycles. The Labute approximate surface area is 95.4 Å². The average molecular weight is 212 g/mol. The Balaban J connectivity index is 2.16. The second-order valence-electron chi connectivity index (χ2n) is 5.06. The number of rotatable bonds is 6. The molecule has 0 aromatic rings. The molecule has 1 N–H and O–H groups in total. The summed E-state index contributed by atoms with van der Waals surface area (Å²) in [4.78, 5) is 2.56. The summed E-state index contributed by atoms with van der Waals surface area (Å²) in [5.41, 5.74) is 0. The molecule has 0 spiro atoms. The Morgan fingerprint density at radius 1 is 1.20 bits per heavy atom. The van der Waals surface area contributed by atoms with Crippen molar-refractivity contribution in [2.75, 3.05) is 26.7 Å². The van der Waals surface area contributed by atoms with Gasteiger partial charge < -0.3 is 10.2 Å². The summed E-state index contributed by atoms with van der Waals surface area (Å²) in [7, 11) is 2.29. The van der Waals surface area contributed by atoms with Gasteiger partial charge >= 0.3 is 0 Å². The summed E-state index contributed by atoms with van der Waals surface area (Å²) in [6, 6.07) is 0.835. The number of hydrogen-bond acceptors (Lipinski definition) is 2. The normalized spacial score (nSPS) is 27.2. The molecule has 0 heterocycles. The molecule has 2 atom stereocenters. The molecule has 2 nitrogen and oxygen atoms in total. The van der Waals surface area contributed by atoms with Gasteiger partial charge in [-0.1, -0.05) is 26.7 Å². The lowest BCUT2D eigenvalue weighted by Crippen LogP contribution is -2.42. The predicted octanol–water partition coefficient (Wildman–Crippen LogP) is 2.50. The lowest BCUT2D eigenvalue weighted by Gasteiger charge is -2.36. The topological polar surface area (TPSA) is 15.3 Å². The quantitative estimate of drug-likeness (QED) is 0.681. The van der Waals surface area contributed by atoms with Crippen molar-refractivity contribution in [1.29, 1.82) is 0 Å². The maximum Gasteiger partial charge on any atom is 0.0118 e. The fraction of sp³-hybridized carbons (Fsp3) is 1.00. The van der Waals surface area contributed by atoms with Crippen molar-refractivity contribution in [2.45, 2.75) is 52.0 Å². The standard InChI is InChI=1S/C13H28N2/c1-4-9-14-10-11-15(3)13-8-6-5-7-12(13)2/h12-14H,4-11H2,1-3H3. The molecule has 1 fully saturated rings. The van der Waals surface area contributed by atoms with Crippen LogP contribution in [0, 0.1) is 5.92 Å². The van der Waals surface area contributed by atoms with Crippen LogP contribution in [0.3, 0.4) is 0 Å². The van der Waals surface area contributed by atoms with E-state index in [1.807, 2.05) is 0 Å². The van der Waals surface area contributed by atoms with Gasteiger partial charge in [0, 0.05) is 19.1 Å². The minimum atomic E-state index is 0.835. The van der Waals surface area contributed by atoms with E-state index in [4.69, 9.17) is 0 Å². The molecule has 0 radical (unpaired) electrons. The number of nitrogens with zero attached hydrogens (tertiary/aromatic N) is 1. The third kappa shape index (κ3) is 4.52. The predicted molar refractivity (Wildman–Crippen MR) is 67.2 cm³/mol. The first-order valence-electron chi connectivity index (χ1n) is 6.66.